The average Bonchev–Trinajstić information content (AvgIpc) is 1.68. The quantitative estimate of drug-likeness (QED) is 0.307. The lowest BCUT2D eigenvalue weighted by atomic mass is 10.3. The molecule has 0 radical (unpaired) electrons. The van der Waals surface area contributed by atoms with Crippen molar-refractivity contribution < 1.29 is 9.59 Å². The van der Waals surface area contributed by atoms with Gasteiger partial charge in [-0.1, -0.05) is 0 Å². The van der Waals surface area contributed by atoms with Crippen molar-refractivity contribution in [1.29, 1.82) is 0 Å². The average molecular weight is 121 g/mol. The minimum atomic E-state index is -0.225. The second-order valence-corrected chi connectivity index (χ2v) is 1.31. The predicted octanol–water partition coefficient (Wildman–Crippen LogP) is 0.383. The highest BCUT2D eigenvalue weighted by molar-refractivity contribution is 6.28. The molecule has 0 aromatic heterocycles. The van der Waals surface area contributed by atoms with Crippen LogP contribution in [-0.4, -0.2) is 17.9 Å². The first-order valence-electron chi connectivity index (χ1n) is 1.82. The Bertz CT molecular complexity index is 79.8. The number of aldehydes is 1. The molecule has 0 N–H and O–H groups in total. The maximum absolute atomic E-state index is 10.0. The van der Waals surface area contributed by atoms with Crippen molar-refractivity contribution in [2.24, 2.45) is 0 Å². The van der Waals surface area contributed by atoms with Crippen molar-refractivity contribution >= 4 is 23.7 Å². The van der Waals surface area contributed by atoms with Crippen LogP contribution in [0.3, 0.4) is 0 Å². The number of carbonyl (C=O) groups is 2. The van der Waals surface area contributed by atoms with Crippen molar-refractivity contribution in [2.45, 2.75) is 6.42 Å². The number of carbonyl (C=O) groups excluding carboxylic acids is 2. The zero-order valence-corrected chi connectivity index (χ0v) is 4.44. The molecule has 0 saturated heterocycles. The molecule has 0 unspecified atom stereocenters. The Balaban J connectivity index is 3.17. The van der Waals surface area contributed by atoms with Crippen molar-refractivity contribution in [3.63, 3.8) is 0 Å². The van der Waals surface area contributed by atoms with E-state index in [2.05, 4.69) is 0 Å². The van der Waals surface area contributed by atoms with Crippen LogP contribution in [0.15, 0.2) is 0 Å². The first kappa shape index (κ1) is 6.63. The molecule has 0 aromatic rings. The van der Waals surface area contributed by atoms with Crippen LogP contribution >= 0.6 is 11.6 Å². The summed E-state index contributed by atoms with van der Waals surface area (Å²) in [7, 11) is 0. The lowest BCUT2D eigenvalue weighted by Crippen LogP contribution is -1.97. The van der Waals surface area contributed by atoms with E-state index in [1.807, 2.05) is 0 Å². The highest BCUT2D eigenvalue weighted by atomic mass is 35.5. The van der Waals surface area contributed by atoms with E-state index in [4.69, 9.17) is 11.6 Å². The SMILES string of the molecule is O=CCC(=O)CCl. The molecule has 0 amide bonds. The van der Waals surface area contributed by atoms with E-state index in [9.17, 15) is 9.59 Å². The van der Waals surface area contributed by atoms with Crippen molar-refractivity contribution in [1.82, 2.24) is 0 Å². The van der Waals surface area contributed by atoms with Gasteiger partial charge >= 0.3 is 0 Å². The molecule has 0 aromatic carbocycles. The Morgan fingerprint density at radius 3 is 2.43 bits per heavy atom. The molecule has 0 fully saturated rings. The lowest BCUT2D eigenvalue weighted by molar-refractivity contribution is -0.120. The van der Waals surface area contributed by atoms with E-state index in [0.29, 0.717) is 6.29 Å². The van der Waals surface area contributed by atoms with Gasteiger partial charge in [0, 0.05) is 0 Å². The summed E-state index contributed by atoms with van der Waals surface area (Å²) in [6, 6.07) is 0. The Morgan fingerprint density at radius 2 is 2.29 bits per heavy atom. The molecule has 0 aliphatic carbocycles. The van der Waals surface area contributed by atoms with Crippen LogP contribution in [-0.2, 0) is 9.59 Å². The zero-order valence-electron chi connectivity index (χ0n) is 3.69. The number of Topliss-reactive ketones (excluding diaryl/α,β-unsaturated/α-hetero) is 1. The Morgan fingerprint density at radius 1 is 1.71 bits per heavy atom. The molecule has 0 spiro atoms. The first-order chi connectivity index (χ1) is 3.31. The molecule has 0 aliphatic heterocycles. The fraction of sp³-hybridized carbons (Fsp3) is 0.500. The van der Waals surface area contributed by atoms with Crippen molar-refractivity contribution in [3.8, 4) is 0 Å². The zero-order chi connectivity index (χ0) is 5.70. The van der Waals surface area contributed by atoms with Crippen LogP contribution < -0.4 is 0 Å². The number of hydrogen-bond donors (Lipinski definition) is 0. The number of halogens is 1. The van der Waals surface area contributed by atoms with Gasteiger partial charge in [-0.3, -0.25) is 4.79 Å². The minimum Gasteiger partial charge on any atom is -0.303 e. The molecule has 0 aliphatic rings. The third-order valence-electron chi connectivity index (χ3n) is 0.460. The summed E-state index contributed by atoms with van der Waals surface area (Å²) in [6.45, 7) is 0. The van der Waals surface area contributed by atoms with Crippen LogP contribution in [0, 0.1) is 0 Å². The van der Waals surface area contributed by atoms with Gasteiger partial charge in [0.1, 0.15) is 6.29 Å². The summed E-state index contributed by atoms with van der Waals surface area (Å²) >= 11 is 5.02. The van der Waals surface area contributed by atoms with Gasteiger partial charge in [0.2, 0.25) is 0 Å². The maximum Gasteiger partial charge on any atom is 0.154 e. The fourth-order valence-electron chi connectivity index (χ4n) is 0.148. The highest BCUT2D eigenvalue weighted by Gasteiger charge is 1.93. The molecule has 0 rings (SSSR count). The van der Waals surface area contributed by atoms with Crippen molar-refractivity contribution in [3.05, 3.63) is 0 Å². The van der Waals surface area contributed by atoms with Crippen LogP contribution in [0.4, 0.5) is 0 Å². The third kappa shape index (κ3) is 3.46. The molecule has 2 nitrogen and oxygen atoms in total. The summed E-state index contributed by atoms with van der Waals surface area (Å²) in [5, 5.41) is 0. The Hall–Kier alpha value is -0.370. The Kier molecular flexibility index (Phi) is 3.61. The summed E-state index contributed by atoms with van der Waals surface area (Å²) in [4.78, 5) is 19.5. The summed E-state index contributed by atoms with van der Waals surface area (Å²) in [6.07, 6.45) is 0.494. The molecule has 3 heteroatoms. The summed E-state index contributed by atoms with van der Waals surface area (Å²) in [5.41, 5.74) is 0. The van der Waals surface area contributed by atoms with E-state index in [0.717, 1.165) is 0 Å². The van der Waals surface area contributed by atoms with E-state index in [-0.39, 0.29) is 18.1 Å². The second-order valence-electron chi connectivity index (χ2n) is 1.04. The lowest BCUT2D eigenvalue weighted by Gasteiger charge is -1.79. The highest BCUT2D eigenvalue weighted by Crippen LogP contribution is 1.80. The van der Waals surface area contributed by atoms with E-state index in [1.54, 1.807) is 0 Å². The predicted molar refractivity (Wildman–Crippen MR) is 26.4 cm³/mol. The van der Waals surface area contributed by atoms with Crippen LogP contribution in [0.5, 0.6) is 0 Å². The smallest absolute Gasteiger partial charge is 0.154 e. The maximum atomic E-state index is 10.0. The van der Waals surface area contributed by atoms with E-state index >= 15 is 0 Å². The molecule has 40 valence electrons. The van der Waals surface area contributed by atoms with Gasteiger partial charge in [0.15, 0.2) is 5.78 Å². The monoisotopic (exact) mass is 120 g/mol. The van der Waals surface area contributed by atoms with Gasteiger partial charge in [-0.2, -0.15) is 0 Å². The molecule has 7 heavy (non-hydrogen) atoms. The van der Waals surface area contributed by atoms with Gasteiger partial charge < -0.3 is 4.79 Å². The normalized spacial score (nSPS) is 8.14. The second kappa shape index (κ2) is 3.81. The van der Waals surface area contributed by atoms with Crippen molar-refractivity contribution in [2.75, 3.05) is 5.88 Å². The van der Waals surface area contributed by atoms with Gasteiger partial charge in [-0.15, -0.1) is 11.6 Å². The summed E-state index contributed by atoms with van der Waals surface area (Å²) < 4.78 is 0. The number of alkyl halides is 1. The number of rotatable bonds is 3. The van der Waals surface area contributed by atoms with E-state index < -0.39 is 0 Å². The molecule has 0 bridgehead atoms. The van der Waals surface area contributed by atoms with E-state index in [1.165, 1.54) is 0 Å². The Labute approximate surface area is 46.5 Å². The number of hydrogen-bond acceptors (Lipinski definition) is 2. The minimum absolute atomic E-state index is 0.0521. The standard InChI is InChI=1S/C4H5ClO2/c5-3-4(7)1-2-6/h2H,1,3H2. The largest absolute Gasteiger partial charge is 0.303 e. The molecular formula is C4H5ClO2. The van der Waals surface area contributed by atoms with Gasteiger partial charge in [0.25, 0.3) is 0 Å². The fourth-order valence-corrected chi connectivity index (χ4v) is 0.257. The molecular weight excluding hydrogens is 115 g/mol. The number of ketones is 1. The van der Waals surface area contributed by atoms with Gasteiger partial charge in [-0.05, 0) is 0 Å². The molecule has 0 heterocycles. The third-order valence-corrected chi connectivity index (χ3v) is 0.758. The van der Waals surface area contributed by atoms with Crippen LogP contribution in [0.2, 0.25) is 0 Å². The van der Waals surface area contributed by atoms with Gasteiger partial charge in [0.05, 0.1) is 12.3 Å². The van der Waals surface area contributed by atoms with Gasteiger partial charge in [-0.25, -0.2) is 0 Å². The summed E-state index contributed by atoms with van der Waals surface area (Å²) in [5.74, 6) is -0.282. The van der Waals surface area contributed by atoms with Crippen LogP contribution in [0.1, 0.15) is 6.42 Å². The molecule has 0 atom stereocenters. The topological polar surface area (TPSA) is 34.1 Å². The van der Waals surface area contributed by atoms with Crippen LogP contribution in [0.25, 0.3) is 0 Å². The first-order valence-corrected chi connectivity index (χ1v) is 2.36. The molecule has 0 saturated carbocycles.